The van der Waals surface area contributed by atoms with Gasteiger partial charge in [-0.1, -0.05) is 41.9 Å². The summed E-state index contributed by atoms with van der Waals surface area (Å²) in [5.41, 5.74) is 2.57. The third-order valence-electron chi connectivity index (χ3n) is 3.25. The van der Waals surface area contributed by atoms with Crippen LogP contribution in [0, 0.1) is 6.92 Å². The van der Waals surface area contributed by atoms with Gasteiger partial charge >= 0.3 is 0 Å². The summed E-state index contributed by atoms with van der Waals surface area (Å²) in [7, 11) is -3.57. The van der Waals surface area contributed by atoms with Gasteiger partial charge in [-0.3, -0.25) is 4.72 Å². The first-order chi connectivity index (χ1) is 9.79. The fraction of sp³-hybridized carbons (Fsp3) is 0.250. The second-order valence-corrected chi connectivity index (χ2v) is 7.83. The fourth-order valence-corrected chi connectivity index (χ4v) is 3.34. The fourth-order valence-electron chi connectivity index (χ4n) is 1.96. The van der Waals surface area contributed by atoms with Gasteiger partial charge in [-0.2, -0.15) is 0 Å². The summed E-state index contributed by atoms with van der Waals surface area (Å²) in [6.45, 7) is 6.01. The molecule has 0 aliphatic carbocycles. The summed E-state index contributed by atoms with van der Waals surface area (Å²) in [5.74, 6) is 0.351. The van der Waals surface area contributed by atoms with Crippen molar-refractivity contribution in [1.82, 2.24) is 0 Å². The molecule has 0 radical (unpaired) electrons. The van der Waals surface area contributed by atoms with Crippen molar-refractivity contribution in [3.63, 3.8) is 0 Å². The van der Waals surface area contributed by atoms with Gasteiger partial charge < -0.3 is 0 Å². The number of aryl methyl sites for hydroxylation is 1. The molecule has 1 N–H and O–H groups in total. The van der Waals surface area contributed by atoms with Crippen LogP contribution in [-0.4, -0.2) is 8.42 Å². The third-order valence-corrected chi connectivity index (χ3v) is 5.51. The van der Waals surface area contributed by atoms with Crippen LogP contribution in [0.15, 0.2) is 51.8 Å². The second kappa shape index (κ2) is 6.20. The van der Waals surface area contributed by atoms with E-state index < -0.39 is 10.0 Å². The lowest BCUT2D eigenvalue weighted by Crippen LogP contribution is -2.13. The average Bonchev–Trinajstić information content (AvgIpc) is 2.41. The minimum Gasteiger partial charge on any atom is -0.280 e. The van der Waals surface area contributed by atoms with Gasteiger partial charge in [-0.05, 0) is 54.3 Å². The molecule has 0 saturated heterocycles. The molecular weight excluding hydrogens is 350 g/mol. The first kappa shape index (κ1) is 16.0. The van der Waals surface area contributed by atoms with Crippen LogP contribution < -0.4 is 4.72 Å². The Hall–Kier alpha value is -1.33. The maximum absolute atomic E-state index is 12.4. The molecule has 0 amide bonds. The summed E-state index contributed by atoms with van der Waals surface area (Å²) in [6.07, 6.45) is 0. The Morgan fingerprint density at radius 3 is 2.43 bits per heavy atom. The average molecular weight is 368 g/mol. The number of hydrogen-bond donors (Lipinski definition) is 1. The van der Waals surface area contributed by atoms with Gasteiger partial charge in [0.1, 0.15) is 0 Å². The molecule has 0 aliphatic heterocycles. The second-order valence-electron chi connectivity index (χ2n) is 5.30. The van der Waals surface area contributed by atoms with E-state index in [2.05, 4.69) is 34.5 Å². The minimum atomic E-state index is -3.57. The van der Waals surface area contributed by atoms with Gasteiger partial charge in [0.05, 0.1) is 4.90 Å². The molecule has 21 heavy (non-hydrogen) atoms. The lowest BCUT2D eigenvalue weighted by molar-refractivity contribution is 0.601. The van der Waals surface area contributed by atoms with Gasteiger partial charge in [0.2, 0.25) is 0 Å². The van der Waals surface area contributed by atoms with Gasteiger partial charge in [-0.25, -0.2) is 8.42 Å². The normalized spacial score (nSPS) is 11.7. The molecule has 0 saturated carbocycles. The third kappa shape index (κ3) is 3.86. The van der Waals surface area contributed by atoms with Crippen LogP contribution in [0.2, 0.25) is 0 Å². The number of nitrogens with one attached hydrogen (secondary N) is 1. The van der Waals surface area contributed by atoms with Crippen LogP contribution in [0.3, 0.4) is 0 Å². The Morgan fingerprint density at radius 1 is 1.10 bits per heavy atom. The van der Waals surface area contributed by atoms with Crippen molar-refractivity contribution in [3.8, 4) is 0 Å². The first-order valence-electron chi connectivity index (χ1n) is 6.68. The van der Waals surface area contributed by atoms with Crippen molar-refractivity contribution < 1.29 is 8.42 Å². The maximum atomic E-state index is 12.4. The van der Waals surface area contributed by atoms with Crippen molar-refractivity contribution in [1.29, 1.82) is 0 Å². The Morgan fingerprint density at radius 2 is 1.81 bits per heavy atom. The topological polar surface area (TPSA) is 46.2 Å². The number of hydrogen-bond acceptors (Lipinski definition) is 2. The molecular formula is C16H18BrNO2S. The summed E-state index contributed by atoms with van der Waals surface area (Å²) in [5, 5.41) is 0. The highest BCUT2D eigenvalue weighted by Crippen LogP contribution is 2.24. The molecule has 0 atom stereocenters. The molecule has 0 fully saturated rings. The number of anilines is 1. The lowest BCUT2D eigenvalue weighted by Gasteiger charge is -2.12. The lowest BCUT2D eigenvalue weighted by atomic mass is 10.0. The van der Waals surface area contributed by atoms with Crippen LogP contribution in [0.4, 0.5) is 5.69 Å². The zero-order chi connectivity index (χ0) is 15.6. The predicted octanol–water partition coefficient (Wildman–Crippen LogP) is 4.68. The van der Waals surface area contributed by atoms with Crippen molar-refractivity contribution in [2.45, 2.75) is 31.6 Å². The van der Waals surface area contributed by atoms with Gasteiger partial charge in [0, 0.05) is 10.2 Å². The van der Waals surface area contributed by atoms with Gasteiger partial charge in [0.25, 0.3) is 10.0 Å². The molecule has 0 aliphatic rings. The van der Waals surface area contributed by atoms with E-state index in [4.69, 9.17) is 0 Å². The van der Waals surface area contributed by atoms with Crippen LogP contribution in [-0.2, 0) is 10.0 Å². The van der Waals surface area contributed by atoms with E-state index in [1.54, 1.807) is 24.3 Å². The molecule has 0 aromatic heterocycles. The van der Waals surface area contributed by atoms with Crippen LogP contribution in [0.1, 0.15) is 30.9 Å². The zero-order valence-corrected chi connectivity index (χ0v) is 14.6. The van der Waals surface area contributed by atoms with E-state index >= 15 is 0 Å². The standard InChI is InChI=1S/C16H18BrNO2S/c1-11(2)13-5-4-6-14(10-13)18-21(19,20)15-7-8-16(17)12(3)9-15/h4-11,18H,1-3H3. The molecule has 5 heteroatoms. The van der Waals surface area contributed by atoms with Crippen molar-refractivity contribution in [3.05, 3.63) is 58.1 Å². The molecule has 0 spiro atoms. The van der Waals surface area contributed by atoms with Gasteiger partial charge in [0.15, 0.2) is 0 Å². The summed E-state index contributed by atoms with van der Waals surface area (Å²) in [6, 6.07) is 12.5. The molecule has 0 heterocycles. The highest BCUT2D eigenvalue weighted by molar-refractivity contribution is 9.10. The largest absolute Gasteiger partial charge is 0.280 e. The summed E-state index contributed by atoms with van der Waals surface area (Å²) >= 11 is 3.37. The number of benzene rings is 2. The zero-order valence-electron chi connectivity index (χ0n) is 12.2. The predicted molar refractivity (Wildman–Crippen MR) is 90.2 cm³/mol. The van der Waals surface area contributed by atoms with Crippen molar-refractivity contribution in [2.24, 2.45) is 0 Å². The van der Waals surface area contributed by atoms with Gasteiger partial charge in [-0.15, -0.1) is 0 Å². The molecule has 0 unspecified atom stereocenters. The highest BCUT2D eigenvalue weighted by atomic mass is 79.9. The highest BCUT2D eigenvalue weighted by Gasteiger charge is 2.15. The monoisotopic (exact) mass is 367 g/mol. The Balaban J connectivity index is 2.33. The number of sulfonamides is 1. The SMILES string of the molecule is Cc1cc(S(=O)(=O)Nc2cccc(C(C)C)c2)ccc1Br. The van der Waals surface area contributed by atoms with Crippen LogP contribution >= 0.6 is 15.9 Å². The van der Waals surface area contributed by atoms with Crippen LogP contribution in [0.25, 0.3) is 0 Å². The van der Waals surface area contributed by atoms with Crippen LogP contribution in [0.5, 0.6) is 0 Å². The van der Waals surface area contributed by atoms with E-state index in [0.717, 1.165) is 15.6 Å². The van der Waals surface area contributed by atoms with E-state index in [0.29, 0.717) is 11.6 Å². The van der Waals surface area contributed by atoms with E-state index in [-0.39, 0.29) is 4.90 Å². The molecule has 2 aromatic carbocycles. The Bertz CT molecular complexity index is 755. The molecule has 2 aromatic rings. The maximum Gasteiger partial charge on any atom is 0.261 e. The van der Waals surface area contributed by atoms with Crippen molar-refractivity contribution >= 4 is 31.6 Å². The number of rotatable bonds is 4. The quantitative estimate of drug-likeness (QED) is 0.852. The first-order valence-corrected chi connectivity index (χ1v) is 8.96. The summed E-state index contributed by atoms with van der Waals surface area (Å²) < 4.78 is 28.4. The minimum absolute atomic E-state index is 0.262. The molecule has 112 valence electrons. The smallest absolute Gasteiger partial charge is 0.261 e. The molecule has 0 bridgehead atoms. The van der Waals surface area contributed by atoms with E-state index in [1.165, 1.54) is 0 Å². The number of halogens is 1. The Labute approximate surface area is 134 Å². The molecule has 3 nitrogen and oxygen atoms in total. The molecule has 2 rings (SSSR count). The van der Waals surface area contributed by atoms with E-state index in [9.17, 15) is 8.42 Å². The summed E-state index contributed by atoms with van der Waals surface area (Å²) in [4.78, 5) is 0.262. The Kier molecular flexibility index (Phi) is 4.74. The van der Waals surface area contributed by atoms with Crippen molar-refractivity contribution in [2.75, 3.05) is 4.72 Å². The van der Waals surface area contributed by atoms with E-state index in [1.807, 2.05) is 25.1 Å².